The number of nitrogens with zero attached hydrogens (tertiary/aromatic N) is 4. The molecule has 0 atom stereocenters. The topological polar surface area (TPSA) is 126 Å². The molecule has 2 heterocycles. The molecule has 11 nitrogen and oxygen atoms in total. The third kappa shape index (κ3) is 6.18. The van der Waals surface area contributed by atoms with E-state index in [1.807, 2.05) is 0 Å². The van der Waals surface area contributed by atoms with Gasteiger partial charge < -0.3 is 18.9 Å². The van der Waals surface area contributed by atoms with Crippen LogP contribution in [0.1, 0.15) is 0 Å². The molecule has 0 unspecified atom stereocenters. The van der Waals surface area contributed by atoms with Crippen LogP contribution in [0.5, 0.6) is 23.1 Å². The number of hydrogen-bond acceptors (Lipinski definition) is 9. The fourth-order valence-electron chi connectivity index (χ4n) is 3.24. The standard InChI is InChI=1S/C22H20F3N5O6S/c1-33-15-5-8-17(18(13-15)34-2)21-28-27-19-9-10-20(29-30(19)21)35-12-11-26-37(31,32)16-6-3-14(4-7-16)36-22(23,24)25/h3-10,13,26H,11-12H2,1-2H3. The molecule has 2 aromatic heterocycles. The minimum atomic E-state index is -4.87. The second-order valence-electron chi connectivity index (χ2n) is 7.30. The first-order valence-electron chi connectivity index (χ1n) is 10.5. The summed E-state index contributed by atoms with van der Waals surface area (Å²) in [6.07, 6.45) is -4.87. The average molecular weight is 539 g/mol. The maximum absolute atomic E-state index is 12.4. The summed E-state index contributed by atoms with van der Waals surface area (Å²) in [5.74, 6) is 1.12. The first-order chi connectivity index (χ1) is 17.6. The predicted molar refractivity (Wildman–Crippen MR) is 123 cm³/mol. The van der Waals surface area contributed by atoms with E-state index in [2.05, 4.69) is 24.8 Å². The maximum Gasteiger partial charge on any atom is 0.573 e. The van der Waals surface area contributed by atoms with Crippen LogP contribution < -0.4 is 23.7 Å². The van der Waals surface area contributed by atoms with E-state index in [0.29, 0.717) is 28.5 Å². The third-order valence-electron chi connectivity index (χ3n) is 4.90. The monoisotopic (exact) mass is 539 g/mol. The van der Waals surface area contributed by atoms with E-state index >= 15 is 0 Å². The van der Waals surface area contributed by atoms with Crippen molar-refractivity contribution in [1.29, 1.82) is 0 Å². The number of benzene rings is 2. The number of nitrogens with one attached hydrogen (secondary N) is 1. The number of rotatable bonds is 10. The quantitative estimate of drug-likeness (QED) is 0.303. The van der Waals surface area contributed by atoms with Crippen molar-refractivity contribution in [2.24, 2.45) is 0 Å². The van der Waals surface area contributed by atoms with Crippen LogP contribution in [0.4, 0.5) is 13.2 Å². The lowest BCUT2D eigenvalue weighted by Crippen LogP contribution is -2.28. The minimum absolute atomic E-state index is 0.0870. The van der Waals surface area contributed by atoms with Gasteiger partial charge in [0.15, 0.2) is 11.5 Å². The van der Waals surface area contributed by atoms with Crippen molar-refractivity contribution in [2.75, 3.05) is 27.4 Å². The minimum Gasteiger partial charge on any atom is -0.497 e. The van der Waals surface area contributed by atoms with Crippen LogP contribution in [0.3, 0.4) is 0 Å². The number of aromatic nitrogens is 4. The van der Waals surface area contributed by atoms with E-state index in [1.54, 1.807) is 30.3 Å². The molecule has 0 aliphatic carbocycles. The summed E-state index contributed by atoms with van der Waals surface area (Å²) >= 11 is 0. The Balaban J connectivity index is 1.41. The lowest BCUT2D eigenvalue weighted by molar-refractivity contribution is -0.274. The SMILES string of the molecule is COc1ccc(-c2nnc3ccc(OCCNS(=O)(=O)c4ccc(OC(F)(F)F)cc4)nn23)c(OC)c1. The first-order valence-corrected chi connectivity index (χ1v) is 12.0. The Morgan fingerprint density at radius 3 is 2.35 bits per heavy atom. The zero-order valence-electron chi connectivity index (χ0n) is 19.4. The Hall–Kier alpha value is -4.11. The summed E-state index contributed by atoms with van der Waals surface area (Å²) in [4.78, 5) is -0.232. The average Bonchev–Trinajstić information content (AvgIpc) is 3.28. The molecule has 0 saturated carbocycles. The Labute approximate surface area is 208 Å². The number of methoxy groups -OCH3 is 2. The lowest BCUT2D eigenvalue weighted by Gasteiger charge is -2.11. The van der Waals surface area contributed by atoms with Crippen LogP contribution in [-0.4, -0.2) is 62.0 Å². The zero-order valence-corrected chi connectivity index (χ0v) is 20.2. The van der Waals surface area contributed by atoms with Gasteiger partial charge in [0, 0.05) is 18.7 Å². The Bertz CT molecular complexity index is 1490. The van der Waals surface area contributed by atoms with E-state index in [1.165, 1.54) is 18.7 Å². The van der Waals surface area contributed by atoms with Crippen molar-refractivity contribution in [1.82, 2.24) is 24.5 Å². The van der Waals surface area contributed by atoms with Gasteiger partial charge in [-0.2, -0.15) is 4.52 Å². The van der Waals surface area contributed by atoms with Gasteiger partial charge in [-0.25, -0.2) is 13.1 Å². The molecule has 2 aromatic carbocycles. The molecule has 1 N–H and O–H groups in total. The summed E-state index contributed by atoms with van der Waals surface area (Å²) in [5, 5.41) is 12.6. The van der Waals surface area contributed by atoms with Gasteiger partial charge in [-0.05, 0) is 42.5 Å². The smallest absolute Gasteiger partial charge is 0.497 e. The van der Waals surface area contributed by atoms with E-state index in [9.17, 15) is 21.6 Å². The van der Waals surface area contributed by atoms with Crippen LogP contribution in [-0.2, 0) is 10.0 Å². The summed E-state index contributed by atoms with van der Waals surface area (Å²) in [5.41, 5.74) is 1.05. The number of hydrogen-bond donors (Lipinski definition) is 1. The van der Waals surface area contributed by atoms with E-state index < -0.39 is 22.1 Å². The molecule has 0 spiro atoms. The van der Waals surface area contributed by atoms with Crippen LogP contribution in [0, 0.1) is 0 Å². The first kappa shape index (κ1) is 26.0. The summed E-state index contributed by atoms with van der Waals surface area (Å²) in [6.45, 7) is -0.222. The molecule has 0 radical (unpaired) electrons. The van der Waals surface area contributed by atoms with Crippen molar-refractivity contribution in [2.45, 2.75) is 11.3 Å². The van der Waals surface area contributed by atoms with Gasteiger partial charge in [0.2, 0.25) is 15.9 Å². The molecule has 0 fully saturated rings. The van der Waals surface area contributed by atoms with Gasteiger partial charge >= 0.3 is 6.36 Å². The van der Waals surface area contributed by atoms with E-state index in [0.717, 1.165) is 24.3 Å². The number of halogens is 3. The highest BCUT2D eigenvalue weighted by Crippen LogP contribution is 2.32. The van der Waals surface area contributed by atoms with Gasteiger partial charge in [0.05, 0.1) is 24.7 Å². The second kappa shape index (κ2) is 10.5. The molecule has 4 aromatic rings. The molecule has 37 heavy (non-hydrogen) atoms. The molecule has 0 amide bonds. The fraction of sp³-hybridized carbons (Fsp3) is 0.227. The van der Waals surface area contributed by atoms with Crippen LogP contribution >= 0.6 is 0 Å². The van der Waals surface area contributed by atoms with Crippen molar-refractivity contribution < 1.29 is 40.5 Å². The van der Waals surface area contributed by atoms with Crippen LogP contribution in [0.2, 0.25) is 0 Å². The zero-order chi connectivity index (χ0) is 26.6. The highest BCUT2D eigenvalue weighted by Gasteiger charge is 2.31. The molecule has 0 saturated heterocycles. The Kier molecular flexibility index (Phi) is 7.35. The van der Waals surface area contributed by atoms with Crippen molar-refractivity contribution in [3.05, 3.63) is 54.6 Å². The van der Waals surface area contributed by atoms with Gasteiger partial charge in [-0.15, -0.1) is 28.5 Å². The maximum atomic E-state index is 12.4. The van der Waals surface area contributed by atoms with Gasteiger partial charge in [-0.3, -0.25) is 0 Å². The van der Waals surface area contributed by atoms with E-state index in [4.69, 9.17) is 14.2 Å². The Morgan fingerprint density at radius 2 is 1.68 bits per heavy atom. The molecule has 196 valence electrons. The predicted octanol–water partition coefficient (Wildman–Crippen LogP) is 3.06. The molecule has 0 aliphatic heterocycles. The number of alkyl halides is 3. The van der Waals surface area contributed by atoms with Crippen LogP contribution in [0.15, 0.2) is 59.5 Å². The van der Waals surface area contributed by atoms with Crippen molar-refractivity contribution in [3.63, 3.8) is 0 Å². The molecular weight excluding hydrogens is 519 g/mol. The molecule has 0 aliphatic rings. The second-order valence-corrected chi connectivity index (χ2v) is 9.06. The highest BCUT2D eigenvalue weighted by molar-refractivity contribution is 7.89. The fourth-order valence-corrected chi connectivity index (χ4v) is 4.25. The van der Waals surface area contributed by atoms with Crippen LogP contribution in [0.25, 0.3) is 17.0 Å². The molecular formula is C22H20F3N5O6S. The van der Waals surface area contributed by atoms with Gasteiger partial charge in [0.25, 0.3) is 0 Å². The number of sulfonamides is 1. The Morgan fingerprint density at radius 1 is 0.946 bits per heavy atom. The summed E-state index contributed by atoms with van der Waals surface area (Å²) in [7, 11) is -0.947. The number of fused-ring (bicyclic) bond motifs is 1. The van der Waals surface area contributed by atoms with E-state index in [-0.39, 0.29) is 23.9 Å². The van der Waals surface area contributed by atoms with Gasteiger partial charge in [-0.1, -0.05) is 0 Å². The lowest BCUT2D eigenvalue weighted by atomic mass is 10.2. The van der Waals surface area contributed by atoms with Crippen molar-refractivity contribution in [3.8, 4) is 34.5 Å². The molecule has 15 heteroatoms. The normalized spacial score (nSPS) is 11.9. The largest absolute Gasteiger partial charge is 0.573 e. The molecule has 0 bridgehead atoms. The summed E-state index contributed by atoms with van der Waals surface area (Å²) in [6, 6.07) is 12.2. The molecule has 4 rings (SSSR count). The highest BCUT2D eigenvalue weighted by atomic mass is 32.2. The number of ether oxygens (including phenoxy) is 4. The summed E-state index contributed by atoms with van der Waals surface area (Å²) < 4.78 is 85.3. The van der Waals surface area contributed by atoms with Crippen molar-refractivity contribution >= 4 is 15.7 Å². The third-order valence-corrected chi connectivity index (χ3v) is 6.38. The van der Waals surface area contributed by atoms with Gasteiger partial charge in [0.1, 0.15) is 23.9 Å².